The molecule has 1 aromatic rings. The summed E-state index contributed by atoms with van der Waals surface area (Å²) >= 11 is 3.32. The molecule has 0 unspecified atom stereocenters. The highest BCUT2D eigenvalue weighted by molar-refractivity contribution is 9.09. The Kier molecular flexibility index (Phi) is 7.30. The Bertz CT molecular complexity index is 445. The normalized spacial score (nSPS) is 10.2. The van der Waals surface area contributed by atoms with E-state index in [-0.39, 0.29) is 11.9 Å². The first-order chi connectivity index (χ1) is 9.60. The lowest BCUT2D eigenvalue weighted by atomic mass is 10.2. The maximum Gasteiger partial charge on any atom is 0.338 e. The Hall–Kier alpha value is -1.36. The number of hydrogen-bond acceptors (Lipinski definition) is 3. The van der Waals surface area contributed by atoms with Gasteiger partial charge in [-0.25, -0.2) is 4.79 Å². The van der Waals surface area contributed by atoms with Crippen LogP contribution in [0.4, 0.5) is 5.69 Å². The fraction of sp³-hybridized carbons (Fsp3) is 0.467. The van der Waals surface area contributed by atoms with E-state index in [0.29, 0.717) is 24.0 Å². The average Bonchev–Trinajstić information content (AvgIpc) is 2.45. The predicted molar refractivity (Wildman–Crippen MR) is 83.5 cm³/mol. The summed E-state index contributed by atoms with van der Waals surface area (Å²) < 4.78 is 5.14. The van der Waals surface area contributed by atoms with Crippen molar-refractivity contribution >= 4 is 33.5 Å². The second-order valence-corrected chi connectivity index (χ2v) is 5.19. The standard InChI is InChI=1S/C15H20BrNO3/c1-3-4-11-20-15(19)13-5-7-14(8-6-13)17(10-9-16)12(2)18/h5-8H,3-4,9-11H2,1-2H3. The number of benzene rings is 1. The summed E-state index contributed by atoms with van der Waals surface area (Å²) in [5.41, 5.74) is 1.29. The van der Waals surface area contributed by atoms with E-state index in [1.165, 1.54) is 6.92 Å². The first kappa shape index (κ1) is 16.7. The molecule has 20 heavy (non-hydrogen) atoms. The summed E-state index contributed by atoms with van der Waals surface area (Å²) in [5.74, 6) is -0.345. The largest absolute Gasteiger partial charge is 0.462 e. The van der Waals surface area contributed by atoms with Crippen LogP contribution in [0.3, 0.4) is 0 Å². The van der Waals surface area contributed by atoms with Crippen LogP contribution < -0.4 is 4.90 Å². The van der Waals surface area contributed by atoms with Crippen LogP contribution in [0.2, 0.25) is 0 Å². The van der Waals surface area contributed by atoms with Gasteiger partial charge in [-0.15, -0.1) is 0 Å². The summed E-state index contributed by atoms with van der Waals surface area (Å²) in [4.78, 5) is 24.9. The number of esters is 1. The van der Waals surface area contributed by atoms with Crippen LogP contribution in [0.15, 0.2) is 24.3 Å². The molecule has 0 aliphatic carbocycles. The highest BCUT2D eigenvalue weighted by Gasteiger charge is 2.12. The molecule has 0 saturated carbocycles. The molecule has 1 rings (SSSR count). The van der Waals surface area contributed by atoms with E-state index in [1.807, 2.05) is 6.92 Å². The lowest BCUT2D eigenvalue weighted by Gasteiger charge is -2.20. The number of anilines is 1. The molecule has 110 valence electrons. The third-order valence-electron chi connectivity index (χ3n) is 2.83. The van der Waals surface area contributed by atoms with Gasteiger partial charge < -0.3 is 9.64 Å². The number of halogens is 1. The van der Waals surface area contributed by atoms with Gasteiger partial charge >= 0.3 is 5.97 Å². The van der Waals surface area contributed by atoms with Gasteiger partial charge in [0.2, 0.25) is 5.91 Å². The number of nitrogens with zero attached hydrogens (tertiary/aromatic N) is 1. The molecule has 0 bridgehead atoms. The van der Waals surface area contributed by atoms with Crippen LogP contribution in [0.1, 0.15) is 37.0 Å². The molecule has 0 N–H and O–H groups in total. The maximum atomic E-state index is 11.7. The highest BCUT2D eigenvalue weighted by Crippen LogP contribution is 2.16. The van der Waals surface area contributed by atoms with Crippen molar-refractivity contribution in [1.82, 2.24) is 0 Å². The van der Waals surface area contributed by atoms with Gasteiger partial charge in [-0.3, -0.25) is 4.79 Å². The van der Waals surface area contributed by atoms with Gasteiger partial charge in [-0.1, -0.05) is 29.3 Å². The van der Waals surface area contributed by atoms with Gasteiger partial charge in [0.05, 0.1) is 12.2 Å². The lowest BCUT2D eigenvalue weighted by Crippen LogP contribution is -2.30. The Labute approximate surface area is 128 Å². The van der Waals surface area contributed by atoms with Crippen LogP contribution >= 0.6 is 15.9 Å². The number of carbonyl (C=O) groups excluding carboxylic acids is 2. The van der Waals surface area contributed by atoms with Crippen molar-refractivity contribution in [1.29, 1.82) is 0 Å². The van der Waals surface area contributed by atoms with E-state index < -0.39 is 0 Å². The molecule has 1 aromatic carbocycles. The van der Waals surface area contributed by atoms with Crippen molar-refractivity contribution in [3.05, 3.63) is 29.8 Å². The maximum absolute atomic E-state index is 11.7. The van der Waals surface area contributed by atoms with Crippen LogP contribution in [0.5, 0.6) is 0 Å². The van der Waals surface area contributed by atoms with Gasteiger partial charge in [0.1, 0.15) is 0 Å². The molecule has 0 saturated heterocycles. The molecule has 0 heterocycles. The first-order valence-electron chi connectivity index (χ1n) is 6.71. The Morgan fingerprint density at radius 1 is 1.25 bits per heavy atom. The zero-order valence-corrected chi connectivity index (χ0v) is 13.5. The summed E-state index contributed by atoms with van der Waals surface area (Å²) in [6.07, 6.45) is 1.86. The van der Waals surface area contributed by atoms with Gasteiger partial charge in [-0.05, 0) is 30.7 Å². The number of hydrogen-bond donors (Lipinski definition) is 0. The zero-order chi connectivity index (χ0) is 15.0. The van der Waals surface area contributed by atoms with Gasteiger partial charge in [-0.2, -0.15) is 0 Å². The van der Waals surface area contributed by atoms with Crippen molar-refractivity contribution in [2.75, 3.05) is 23.4 Å². The summed E-state index contributed by atoms with van der Waals surface area (Å²) in [7, 11) is 0. The zero-order valence-electron chi connectivity index (χ0n) is 11.9. The third-order valence-corrected chi connectivity index (χ3v) is 3.19. The van der Waals surface area contributed by atoms with Gasteiger partial charge in [0.15, 0.2) is 0 Å². The molecule has 0 spiro atoms. The number of unbranched alkanes of at least 4 members (excludes halogenated alkanes) is 1. The SMILES string of the molecule is CCCCOC(=O)c1ccc(N(CCBr)C(C)=O)cc1. The van der Waals surface area contributed by atoms with Crippen LogP contribution in [0.25, 0.3) is 0 Å². The Balaban J connectivity index is 2.72. The second-order valence-electron chi connectivity index (χ2n) is 4.40. The van der Waals surface area contributed by atoms with Crippen molar-refractivity contribution in [3.63, 3.8) is 0 Å². The first-order valence-corrected chi connectivity index (χ1v) is 7.83. The molecular formula is C15H20BrNO3. The van der Waals surface area contributed by atoms with Crippen molar-refractivity contribution in [2.45, 2.75) is 26.7 Å². The van der Waals surface area contributed by atoms with E-state index >= 15 is 0 Å². The third kappa shape index (κ3) is 4.96. The van der Waals surface area contributed by atoms with E-state index in [0.717, 1.165) is 18.5 Å². The summed E-state index contributed by atoms with van der Waals surface area (Å²) in [6.45, 7) is 4.61. The fourth-order valence-corrected chi connectivity index (χ4v) is 2.08. The number of amides is 1. The lowest BCUT2D eigenvalue weighted by molar-refractivity contribution is -0.116. The molecule has 0 radical (unpaired) electrons. The smallest absolute Gasteiger partial charge is 0.338 e. The van der Waals surface area contributed by atoms with Crippen LogP contribution in [-0.4, -0.2) is 30.4 Å². The number of ether oxygens (including phenoxy) is 1. The predicted octanol–water partition coefficient (Wildman–Crippen LogP) is 3.39. The molecular weight excluding hydrogens is 322 g/mol. The molecule has 0 aliphatic heterocycles. The Morgan fingerprint density at radius 3 is 2.40 bits per heavy atom. The quantitative estimate of drug-likeness (QED) is 0.433. The monoisotopic (exact) mass is 341 g/mol. The van der Waals surface area contributed by atoms with Crippen molar-refractivity contribution < 1.29 is 14.3 Å². The second kappa shape index (κ2) is 8.74. The minimum Gasteiger partial charge on any atom is -0.462 e. The van der Waals surface area contributed by atoms with E-state index in [9.17, 15) is 9.59 Å². The fourth-order valence-electron chi connectivity index (χ4n) is 1.72. The summed E-state index contributed by atoms with van der Waals surface area (Å²) in [6, 6.07) is 6.91. The number of carbonyl (C=O) groups is 2. The topological polar surface area (TPSA) is 46.6 Å². The molecule has 0 aromatic heterocycles. The molecule has 5 heteroatoms. The Morgan fingerprint density at radius 2 is 1.90 bits per heavy atom. The number of alkyl halides is 1. The van der Waals surface area contributed by atoms with E-state index in [4.69, 9.17) is 4.74 Å². The van der Waals surface area contributed by atoms with Crippen LogP contribution in [-0.2, 0) is 9.53 Å². The van der Waals surface area contributed by atoms with E-state index in [1.54, 1.807) is 29.2 Å². The molecule has 0 aliphatic rings. The van der Waals surface area contributed by atoms with Gasteiger partial charge in [0.25, 0.3) is 0 Å². The van der Waals surface area contributed by atoms with Gasteiger partial charge in [0, 0.05) is 24.5 Å². The molecule has 0 fully saturated rings. The molecule has 4 nitrogen and oxygen atoms in total. The van der Waals surface area contributed by atoms with E-state index in [2.05, 4.69) is 15.9 Å². The van der Waals surface area contributed by atoms with Crippen LogP contribution in [0, 0.1) is 0 Å². The number of rotatable bonds is 7. The molecule has 1 amide bonds. The minimum absolute atomic E-state index is 0.0253. The molecule has 0 atom stereocenters. The minimum atomic E-state index is -0.320. The average molecular weight is 342 g/mol. The highest BCUT2D eigenvalue weighted by atomic mass is 79.9. The van der Waals surface area contributed by atoms with Crippen molar-refractivity contribution in [3.8, 4) is 0 Å². The summed E-state index contributed by atoms with van der Waals surface area (Å²) in [5, 5.41) is 0.702. The van der Waals surface area contributed by atoms with Crippen molar-refractivity contribution in [2.24, 2.45) is 0 Å².